The van der Waals surface area contributed by atoms with Gasteiger partial charge in [-0.2, -0.15) is 0 Å². The molecule has 0 aliphatic heterocycles. The quantitative estimate of drug-likeness (QED) is 0.655. The van der Waals surface area contributed by atoms with Crippen molar-refractivity contribution in [1.82, 2.24) is 4.57 Å². The second-order valence-electron chi connectivity index (χ2n) is 7.25. The summed E-state index contributed by atoms with van der Waals surface area (Å²) in [4.78, 5) is 12.8. The summed E-state index contributed by atoms with van der Waals surface area (Å²) in [6, 6.07) is 13.5. The lowest BCUT2D eigenvalue weighted by molar-refractivity contribution is 0.0551. The number of alkyl halides is 1. The second-order valence-corrected chi connectivity index (χ2v) is 7.56. The van der Waals surface area contributed by atoms with Gasteiger partial charge in [0.15, 0.2) is 0 Å². The van der Waals surface area contributed by atoms with E-state index >= 15 is 0 Å². The van der Waals surface area contributed by atoms with Crippen LogP contribution in [0.4, 0.5) is 10.5 Å². The van der Waals surface area contributed by atoms with Crippen LogP contribution in [0.5, 0.6) is 0 Å². The zero-order valence-corrected chi connectivity index (χ0v) is 15.9. The number of fused-ring (bicyclic) bond motifs is 3. The summed E-state index contributed by atoms with van der Waals surface area (Å²) < 4.78 is 7.19. The average molecular weight is 375 g/mol. The van der Waals surface area contributed by atoms with Crippen LogP contribution >= 0.6 is 11.6 Å². The van der Waals surface area contributed by atoms with Gasteiger partial charge in [0.25, 0.3) is 0 Å². The van der Waals surface area contributed by atoms with Crippen LogP contribution in [0.1, 0.15) is 20.8 Å². The number of benzene rings is 2. The Kier molecular flexibility index (Phi) is 5.12. The Morgan fingerprint density at radius 3 is 2.58 bits per heavy atom. The van der Waals surface area contributed by atoms with E-state index in [9.17, 15) is 9.90 Å². The largest absolute Gasteiger partial charge is 0.443 e. The average Bonchev–Trinajstić information content (AvgIpc) is 2.92. The van der Waals surface area contributed by atoms with Gasteiger partial charge in [-0.25, -0.2) is 9.36 Å². The molecule has 0 aliphatic carbocycles. The van der Waals surface area contributed by atoms with Crippen molar-refractivity contribution in [3.05, 3.63) is 42.5 Å². The number of hydrogen-bond donors (Lipinski definition) is 2. The maximum Gasteiger partial charge on any atom is 0.419 e. The second kappa shape index (κ2) is 7.17. The predicted octanol–water partition coefficient (Wildman–Crippen LogP) is 4.59. The van der Waals surface area contributed by atoms with Crippen molar-refractivity contribution in [1.29, 1.82) is 0 Å². The maximum atomic E-state index is 12.8. The van der Waals surface area contributed by atoms with Gasteiger partial charge in [-0.1, -0.05) is 18.2 Å². The molecule has 1 heterocycles. The van der Waals surface area contributed by atoms with Crippen LogP contribution in [0.3, 0.4) is 0 Å². The van der Waals surface area contributed by atoms with E-state index in [4.69, 9.17) is 16.3 Å². The molecule has 138 valence electrons. The number of carbonyl (C=O) groups excluding carboxylic acids is 1. The summed E-state index contributed by atoms with van der Waals surface area (Å²) in [5.74, 6) is 0.174. The van der Waals surface area contributed by atoms with E-state index in [-0.39, 0.29) is 5.88 Å². The third-order valence-electron chi connectivity index (χ3n) is 3.97. The van der Waals surface area contributed by atoms with Crippen molar-refractivity contribution >= 4 is 45.2 Å². The number of halogens is 1. The number of nitrogens with zero attached hydrogens (tertiary/aromatic N) is 1. The van der Waals surface area contributed by atoms with Crippen LogP contribution in [-0.4, -0.2) is 39.9 Å². The fraction of sp³-hybridized carbons (Fsp3) is 0.350. The molecular weight excluding hydrogens is 352 g/mol. The molecule has 2 N–H and O–H groups in total. The minimum absolute atomic E-state index is 0.174. The monoisotopic (exact) mass is 374 g/mol. The highest BCUT2D eigenvalue weighted by Crippen LogP contribution is 2.31. The predicted molar refractivity (Wildman–Crippen MR) is 106 cm³/mol. The summed E-state index contributed by atoms with van der Waals surface area (Å²) >= 11 is 5.64. The molecule has 0 bridgehead atoms. The van der Waals surface area contributed by atoms with E-state index in [1.165, 1.54) is 0 Å². The highest BCUT2D eigenvalue weighted by molar-refractivity contribution is 6.18. The summed E-state index contributed by atoms with van der Waals surface area (Å²) in [7, 11) is 0. The zero-order chi connectivity index (χ0) is 18.9. The Bertz CT molecular complexity index is 943. The molecule has 3 rings (SSSR count). The Labute approximate surface area is 157 Å². The van der Waals surface area contributed by atoms with Crippen molar-refractivity contribution in [2.45, 2.75) is 32.5 Å². The summed E-state index contributed by atoms with van der Waals surface area (Å²) in [6.45, 7) is 5.91. The van der Waals surface area contributed by atoms with E-state index in [2.05, 4.69) is 5.32 Å². The SMILES string of the molecule is CC(C)(C)OC(=O)n1c2ccccc2c2cc(NCC(O)CCl)ccc21. The molecule has 0 saturated carbocycles. The molecule has 0 radical (unpaired) electrons. The lowest BCUT2D eigenvalue weighted by atomic mass is 10.1. The highest BCUT2D eigenvalue weighted by atomic mass is 35.5. The van der Waals surface area contributed by atoms with Crippen LogP contribution < -0.4 is 5.32 Å². The van der Waals surface area contributed by atoms with E-state index in [0.717, 1.165) is 27.5 Å². The third-order valence-corrected chi connectivity index (χ3v) is 4.32. The minimum atomic E-state index is -0.615. The van der Waals surface area contributed by atoms with Gasteiger partial charge in [0.2, 0.25) is 0 Å². The third kappa shape index (κ3) is 3.79. The number of para-hydroxylation sites is 1. The van der Waals surface area contributed by atoms with Gasteiger partial charge in [0.1, 0.15) is 5.60 Å². The molecule has 0 fully saturated rings. The molecule has 1 unspecified atom stereocenters. The number of aliphatic hydroxyl groups is 1. The van der Waals surface area contributed by atoms with Crippen molar-refractivity contribution in [2.75, 3.05) is 17.7 Å². The molecule has 0 saturated heterocycles. The van der Waals surface area contributed by atoms with Gasteiger partial charge >= 0.3 is 6.09 Å². The normalized spacial score (nSPS) is 13.1. The van der Waals surface area contributed by atoms with Crippen LogP contribution in [-0.2, 0) is 4.74 Å². The van der Waals surface area contributed by atoms with E-state index in [1.54, 1.807) is 4.57 Å². The summed E-state index contributed by atoms with van der Waals surface area (Å²) in [6.07, 6.45) is -1.02. The van der Waals surface area contributed by atoms with Gasteiger partial charge in [-0.05, 0) is 45.0 Å². The Balaban J connectivity index is 2.08. The Hall–Kier alpha value is -2.24. The standard InChI is InChI=1S/C20H23ClN2O3/c1-20(2,3)26-19(25)23-17-7-5-4-6-15(17)16-10-13(8-9-18(16)23)22-12-14(24)11-21/h4-10,14,22,24H,11-12H2,1-3H3. The number of nitrogens with one attached hydrogen (secondary N) is 1. The summed E-state index contributed by atoms with van der Waals surface area (Å²) in [5.41, 5.74) is 1.86. The molecule has 5 nitrogen and oxygen atoms in total. The van der Waals surface area contributed by atoms with E-state index < -0.39 is 17.8 Å². The molecule has 26 heavy (non-hydrogen) atoms. The molecular formula is C20H23ClN2O3. The number of carbonyl (C=O) groups is 1. The van der Waals surface area contributed by atoms with Gasteiger partial charge in [-0.3, -0.25) is 0 Å². The van der Waals surface area contributed by atoms with E-state index in [0.29, 0.717) is 6.54 Å². The lowest BCUT2D eigenvalue weighted by Crippen LogP contribution is -2.27. The number of ether oxygens (including phenoxy) is 1. The summed E-state index contributed by atoms with van der Waals surface area (Å²) in [5, 5.41) is 14.7. The van der Waals surface area contributed by atoms with Crippen molar-refractivity contribution in [3.63, 3.8) is 0 Å². The topological polar surface area (TPSA) is 63.5 Å². The number of hydrogen-bond acceptors (Lipinski definition) is 4. The van der Waals surface area contributed by atoms with Crippen LogP contribution in [0, 0.1) is 0 Å². The fourth-order valence-corrected chi connectivity index (χ4v) is 2.99. The smallest absolute Gasteiger partial charge is 0.419 e. The minimum Gasteiger partial charge on any atom is -0.443 e. The number of anilines is 1. The Morgan fingerprint density at radius 1 is 1.19 bits per heavy atom. The molecule has 0 spiro atoms. The molecule has 0 amide bonds. The van der Waals surface area contributed by atoms with Crippen molar-refractivity contribution < 1.29 is 14.6 Å². The first-order valence-electron chi connectivity index (χ1n) is 8.54. The molecule has 6 heteroatoms. The van der Waals surface area contributed by atoms with Crippen LogP contribution in [0.25, 0.3) is 21.8 Å². The molecule has 1 aromatic heterocycles. The molecule has 3 aromatic rings. The van der Waals surface area contributed by atoms with Gasteiger partial charge in [0.05, 0.1) is 23.0 Å². The zero-order valence-electron chi connectivity index (χ0n) is 15.1. The lowest BCUT2D eigenvalue weighted by Gasteiger charge is -2.20. The van der Waals surface area contributed by atoms with Crippen LogP contribution in [0.2, 0.25) is 0 Å². The fourth-order valence-electron chi connectivity index (χ4n) is 2.88. The van der Waals surface area contributed by atoms with Crippen LogP contribution in [0.15, 0.2) is 42.5 Å². The Morgan fingerprint density at radius 2 is 1.88 bits per heavy atom. The van der Waals surface area contributed by atoms with Gasteiger partial charge < -0.3 is 15.2 Å². The highest BCUT2D eigenvalue weighted by Gasteiger charge is 2.22. The number of aliphatic hydroxyl groups excluding tert-OH is 1. The van der Waals surface area contributed by atoms with Crippen molar-refractivity contribution in [3.8, 4) is 0 Å². The first-order valence-corrected chi connectivity index (χ1v) is 9.08. The van der Waals surface area contributed by atoms with Gasteiger partial charge in [-0.15, -0.1) is 11.6 Å². The van der Waals surface area contributed by atoms with Crippen molar-refractivity contribution in [2.24, 2.45) is 0 Å². The molecule has 1 atom stereocenters. The first-order chi connectivity index (χ1) is 12.3. The van der Waals surface area contributed by atoms with E-state index in [1.807, 2.05) is 63.2 Å². The maximum absolute atomic E-state index is 12.8. The number of rotatable bonds is 4. The van der Waals surface area contributed by atoms with Gasteiger partial charge in [0, 0.05) is 23.0 Å². The first kappa shape index (κ1) is 18.5. The molecule has 0 aliphatic rings. The number of aromatic nitrogens is 1. The molecule has 2 aromatic carbocycles.